The molecule has 0 aliphatic carbocycles. The zero-order valence-corrected chi connectivity index (χ0v) is 14.5. The van der Waals surface area contributed by atoms with Gasteiger partial charge in [-0.2, -0.15) is 0 Å². The smallest absolute Gasteiger partial charge is 0.321 e. The molecule has 3 N–H and O–H groups in total. The third-order valence-corrected chi connectivity index (χ3v) is 4.84. The summed E-state index contributed by atoms with van der Waals surface area (Å²) in [5.41, 5.74) is 2.63. The number of carbonyl (C=O) groups is 1. The minimum absolute atomic E-state index is 0.0285. The van der Waals surface area contributed by atoms with Crippen LogP contribution in [0.15, 0.2) is 48.5 Å². The maximum absolute atomic E-state index is 12.5. The van der Waals surface area contributed by atoms with Crippen molar-refractivity contribution in [3.8, 4) is 11.1 Å². The number of halogens is 1. The van der Waals surface area contributed by atoms with Gasteiger partial charge in [0.25, 0.3) is 0 Å². The number of carbonyl (C=O) groups excluding carboxylic acids is 1. The van der Waals surface area contributed by atoms with E-state index in [1.165, 1.54) is 0 Å². The molecular formula is C19H21ClN2O3. The number of nitrogens with one attached hydrogen (secondary N) is 1. The Morgan fingerprint density at radius 1 is 1.04 bits per heavy atom. The lowest BCUT2D eigenvalue weighted by atomic mass is 9.98. The third kappa shape index (κ3) is 4.12. The fourth-order valence-corrected chi connectivity index (χ4v) is 3.36. The van der Waals surface area contributed by atoms with E-state index in [9.17, 15) is 15.0 Å². The molecule has 1 fully saturated rings. The van der Waals surface area contributed by atoms with Gasteiger partial charge in [0.1, 0.15) is 0 Å². The molecule has 1 heterocycles. The number of nitrogens with zero attached hydrogens (tertiary/aromatic N) is 1. The zero-order valence-electron chi connectivity index (χ0n) is 13.7. The average Bonchev–Trinajstić information content (AvgIpc) is 3.05. The number of anilines is 1. The van der Waals surface area contributed by atoms with E-state index in [4.69, 9.17) is 11.6 Å². The minimum atomic E-state index is -0.224. The highest BCUT2D eigenvalue weighted by atomic mass is 35.5. The molecule has 0 aromatic heterocycles. The topological polar surface area (TPSA) is 72.8 Å². The van der Waals surface area contributed by atoms with Crippen LogP contribution in [0.3, 0.4) is 0 Å². The minimum Gasteiger partial charge on any atom is -0.396 e. The fraction of sp³-hybridized carbons (Fsp3) is 0.316. The Kier molecular flexibility index (Phi) is 5.58. The largest absolute Gasteiger partial charge is 0.396 e. The van der Waals surface area contributed by atoms with Gasteiger partial charge in [-0.3, -0.25) is 0 Å². The fourth-order valence-electron chi connectivity index (χ4n) is 3.17. The first-order chi connectivity index (χ1) is 12.1. The van der Waals surface area contributed by atoms with Crippen LogP contribution in [0, 0.1) is 11.8 Å². The molecule has 2 amide bonds. The summed E-state index contributed by atoms with van der Waals surface area (Å²) in [4.78, 5) is 14.1. The summed E-state index contributed by atoms with van der Waals surface area (Å²) in [6.07, 6.45) is 0. The molecular weight excluding hydrogens is 340 g/mol. The number of amides is 2. The Morgan fingerprint density at radius 3 is 2.24 bits per heavy atom. The normalized spacial score (nSPS) is 19.9. The van der Waals surface area contributed by atoms with Gasteiger partial charge in [-0.1, -0.05) is 35.9 Å². The molecule has 6 heteroatoms. The molecule has 3 rings (SSSR count). The van der Waals surface area contributed by atoms with Gasteiger partial charge in [0.05, 0.1) is 0 Å². The number of hydrogen-bond donors (Lipinski definition) is 3. The average molecular weight is 361 g/mol. The summed E-state index contributed by atoms with van der Waals surface area (Å²) in [5.74, 6) is -0.151. The molecule has 1 saturated heterocycles. The number of aliphatic hydroxyl groups excluding tert-OH is 2. The first-order valence-corrected chi connectivity index (χ1v) is 8.62. The highest BCUT2D eigenvalue weighted by molar-refractivity contribution is 6.30. The number of hydrogen-bond acceptors (Lipinski definition) is 3. The molecule has 2 atom stereocenters. The molecule has 0 radical (unpaired) electrons. The Labute approximate surface area is 151 Å². The van der Waals surface area contributed by atoms with Gasteiger partial charge >= 0.3 is 6.03 Å². The monoisotopic (exact) mass is 360 g/mol. The SMILES string of the molecule is O=C(Nc1cccc(-c2cccc(Cl)c2)c1)N1C[C@@H](CO)[C@H](CO)C1. The molecule has 0 spiro atoms. The van der Waals surface area contributed by atoms with Gasteiger partial charge in [0.2, 0.25) is 0 Å². The summed E-state index contributed by atoms with van der Waals surface area (Å²) in [7, 11) is 0. The predicted octanol–water partition coefficient (Wildman–Crippen LogP) is 3.07. The van der Waals surface area contributed by atoms with E-state index in [0.29, 0.717) is 23.8 Å². The van der Waals surface area contributed by atoms with Crippen molar-refractivity contribution in [1.82, 2.24) is 4.90 Å². The maximum atomic E-state index is 12.5. The van der Waals surface area contributed by atoms with Gasteiger partial charge in [0.15, 0.2) is 0 Å². The van der Waals surface area contributed by atoms with Crippen molar-refractivity contribution in [2.75, 3.05) is 31.6 Å². The first kappa shape index (κ1) is 17.7. The lowest BCUT2D eigenvalue weighted by molar-refractivity contribution is 0.152. The number of rotatable bonds is 4. The van der Waals surface area contributed by atoms with Crippen molar-refractivity contribution in [2.24, 2.45) is 11.8 Å². The molecule has 0 bridgehead atoms. The highest BCUT2D eigenvalue weighted by Gasteiger charge is 2.34. The van der Waals surface area contributed by atoms with Gasteiger partial charge in [-0.05, 0) is 35.4 Å². The second-order valence-electron chi connectivity index (χ2n) is 6.31. The van der Waals surface area contributed by atoms with Crippen LogP contribution in [-0.4, -0.2) is 47.4 Å². The van der Waals surface area contributed by atoms with Gasteiger partial charge in [-0.15, -0.1) is 0 Å². The predicted molar refractivity (Wildman–Crippen MR) is 98.6 cm³/mol. The van der Waals surface area contributed by atoms with Crippen LogP contribution in [0.1, 0.15) is 0 Å². The van der Waals surface area contributed by atoms with Crippen molar-refractivity contribution in [1.29, 1.82) is 0 Å². The standard InChI is InChI=1S/C19H21ClN2O3/c20-17-5-1-3-13(7-17)14-4-2-6-18(8-14)21-19(25)22-9-15(11-23)16(10-22)12-24/h1-8,15-16,23-24H,9-12H2,(H,21,25)/t15-,16-/m0/s1. The molecule has 132 valence electrons. The van der Waals surface area contributed by atoms with Gasteiger partial charge < -0.3 is 20.4 Å². The van der Waals surface area contributed by atoms with Crippen LogP contribution in [-0.2, 0) is 0 Å². The second-order valence-corrected chi connectivity index (χ2v) is 6.75. The van der Waals surface area contributed by atoms with Crippen LogP contribution >= 0.6 is 11.6 Å². The highest BCUT2D eigenvalue weighted by Crippen LogP contribution is 2.26. The summed E-state index contributed by atoms with van der Waals surface area (Å²) in [6, 6.07) is 14.9. The van der Waals surface area contributed by atoms with Gasteiger partial charge in [-0.25, -0.2) is 4.79 Å². The van der Waals surface area contributed by atoms with E-state index in [1.54, 1.807) is 4.90 Å². The molecule has 5 nitrogen and oxygen atoms in total. The van der Waals surface area contributed by atoms with Crippen LogP contribution in [0.4, 0.5) is 10.5 Å². The molecule has 2 aromatic carbocycles. The van der Waals surface area contributed by atoms with Crippen molar-refractivity contribution in [2.45, 2.75) is 0 Å². The molecule has 2 aromatic rings. The Morgan fingerprint density at radius 2 is 1.64 bits per heavy atom. The maximum Gasteiger partial charge on any atom is 0.321 e. The van der Waals surface area contributed by atoms with Crippen LogP contribution in [0.25, 0.3) is 11.1 Å². The first-order valence-electron chi connectivity index (χ1n) is 8.24. The van der Waals surface area contributed by atoms with Crippen LogP contribution < -0.4 is 5.32 Å². The van der Waals surface area contributed by atoms with Crippen molar-refractivity contribution >= 4 is 23.3 Å². The number of likely N-dealkylation sites (tertiary alicyclic amines) is 1. The lowest BCUT2D eigenvalue weighted by Crippen LogP contribution is -2.33. The van der Waals surface area contributed by atoms with E-state index in [0.717, 1.165) is 11.1 Å². The number of aliphatic hydroxyl groups is 2. The van der Waals surface area contributed by atoms with E-state index in [1.807, 2.05) is 48.5 Å². The Balaban J connectivity index is 1.71. The second kappa shape index (κ2) is 7.87. The number of urea groups is 1. The zero-order chi connectivity index (χ0) is 17.8. The summed E-state index contributed by atoms with van der Waals surface area (Å²) < 4.78 is 0. The Bertz CT molecular complexity index is 741. The van der Waals surface area contributed by atoms with Crippen molar-refractivity contribution in [3.05, 3.63) is 53.6 Å². The van der Waals surface area contributed by atoms with Crippen LogP contribution in [0.5, 0.6) is 0 Å². The summed E-state index contributed by atoms with van der Waals surface area (Å²) in [6.45, 7) is 0.835. The van der Waals surface area contributed by atoms with Crippen LogP contribution in [0.2, 0.25) is 5.02 Å². The summed E-state index contributed by atoms with van der Waals surface area (Å²) in [5, 5.41) is 22.3. The van der Waals surface area contributed by atoms with Crippen molar-refractivity contribution in [3.63, 3.8) is 0 Å². The molecule has 0 unspecified atom stereocenters. The molecule has 1 aliphatic heterocycles. The Hall–Kier alpha value is -2.08. The van der Waals surface area contributed by atoms with E-state index in [2.05, 4.69) is 5.32 Å². The van der Waals surface area contributed by atoms with Gasteiger partial charge in [0, 0.05) is 48.8 Å². The summed E-state index contributed by atoms with van der Waals surface area (Å²) >= 11 is 6.04. The third-order valence-electron chi connectivity index (χ3n) is 4.60. The van der Waals surface area contributed by atoms with Crippen molar-refractivity contribution < 1.29 is 15.0 Å². The van der Waals surface area contributed by atoms with E-state index < -0.39 is 0 Å². The van der Waals surface area contributed by atoms with E-state index in [-0.39, 0.29) is 31.1 Å². The quantitative estimate of drug-likeness (QED) is 0.784. The lowest BCUT2D eigenvalue weighted by Gasteiger charge is -2.17. The molecule has 1 aliphatic rings. The molecule has 25 heavy (non-hydrogen) atoms. The van der Waals surface area contributed by atoms with E-state index >= 15 is 0 Å². The number of benzene rings is 2. The molecule has 0 saturated carbocycles.